The molecule has 0 radical (unpaired) electrons. The fraction of sp³-hybridized carbons (Fsp3) is 0.0667. The summed E-state index contributed by atoms with van der Waals surface area (Å²) in [6, 6.07) is 10.7. The van der Waals surface area contributed by atoms with Crippen molar-refractivity contribution in [3.05, 3.63) is 46.4 Å². The number of hydrogen-bond acceptors (Lipinski definition) is 2. The summed E-state index contributed by atoms with van der Waals surface area (Å²) >= 11 is 12.1. The lowest BCUT2D eigenvalue weighted by molar-refractivity contribution is -0.114. The summed E-state index contributed by atoms with van der Waals surface area (Å²) in [7, 11) is 0. The molecule has 3 rings (SSSR count). The molecule has 2 aromatic carbocycles. The monoisotopic (exact) mass is 319 g/mol. The number of rotatable bonds is 2. The van der Waals surface area contributed by atoms with Crippen LogP contribution in [0.15, 0.2) is 36.4 Å². The number of hydrogen-bond donors (Lipinski definition) is 2. The second-order valence-electron chi connectivity index (χ2n) is 4.62. The number of nitrogens with one attached hydrogen (secondary N) is 2. The van der Waals surface area contributed by atoms with Gasteiger partial charge in [0.1, 0.15) is 5.82 Å². The van der Waals surface area contributed by atoms with E-state index in [0.717, 1.165) is 16.6 Å². The Morgan fingerprint density at radius 3 is 2.71 bits per heavy atom. The van der Waals surface area contributed by atoms with Crippen molar-refractivity contribution in [3.63, 3.8) is 0 Å². The molecule has 4 nitrogen and oxygen atoms in total. The van der Waals surface area contributed by atoms with Crippen molar-refractivity contribution in [1.29, 1.82) is 0 Å². The molecule has 3 aromatic rings. The zero-order chi connectivity index (χ0) is 15.0. The number of imidazole rings is 1. The minimum absolute atomic E-state index is 0.116. The van der Waals surface area contributed by atoms with Crippen LogP contribution in [0.1, 0.15) is 6.92 Å². The first kappa shape index (κ1) is 13.9. The van der Waals surface area contributed by atoms with Crippen LogP contribution >= 0.6 is 23.2 Å². The molecule has 1 amide bonds. The third-order valence-electron chi connectivity index (χ3n) is 2.99. The van der Waals surface area contributed by atoms with Crippen molar-refractivity contribution in [1.82, 2.24) is 9.97 Å². The maximum absolute atomic E-state index is 11.1. The maximum atomic E-state index is 11.1. The Labute approximate surface area is 131 Å². The first-order valence-corrected chi connectivity index (χ1v) is 7.01. The molecular formula is C15H11Cl2N3O. The summed E-state index contributed by atoms with van der Waals surface area (Å²) < 4.78 is 0. The molecular weight excluding hydrogens is 309 g/mol. The van der Waals surface area contributed by atoms with Gasteiger partial charge < -0.3 is 10.3 Å². The Kier molecular flexibility index (Phi) is 3.57. The van der Waals surface area contributed by atoms with Gasteiger partial charge in [0.05, 0.1) is 16.1 Å². The van der Waals surface area contributed by atoms with Crippen LogP contribution in [0.25, 0.3) is 22.4 Å². The van der Waals surface area contributed by atoms with E-state index in [1.54, 1.807) is 18.2 Å². The number of nitrogens with zero attached hydrogens (tertiary/aromatic N) is 1. The summed E-state index contributed by atoms with van der Waals surface area (Å²) in [6.45, 7) is 1.47. The smallest absolute Gasteiger partial charge is 0.221 e. The van der Waals surface area contributed by atoms with Gasteiger partial charge in [-0.2, -0.15) is 0 Å². The van der Waals surface area contributed by atoms with Gasteiger partial charge in [0.25, 0.3) is 0 Å². The molecule has 0 aliphatic heterocycles. The average Bonchev–Trinajstić information content (AvgIpc) is 2.80. The molecule has 2 N–H and O–H groups in total. The summed E-state index contributed by atoms with van der Waals surface area (Å²) in [5, 5.41) is 3.84. The molecule has 0 fully saturated rings. The van der Waals surface area contributed by atoms with Crippen molar-refractivity contribution < 1.29 is 4.79 Å². The van der Waals surface area contributed by atoms with Crippen LogP contribution in [0.3, 0.4) is 0 Å². The third-order valence-corrected chi connectivity index (χ3v) is 3.54. The molecule has 1 heterocycles. The van der Waals surface area contributed by atoms with Crippen molar-refractivity contribution in [2.75, 3.05) is 5.32 Å². The van der Waals surface area contributed by atoms with E-state index in [9.17, 15) is 4.79 Å². The van der Waals surface area contributed by atoms with Crippen molar-refractivity contribution in [2.45, 2.75) is 6.92 Å². The van der Waals surface area contributed by atoms with Gasteiger partial charge >= 0.3 is 0 Å². The van der Waals surface area contributed by atoms with Crippen LogP contribution in [0.5, 0.6) is 0 Å². The molecule has 0 aliphatic carbocycles. The maximum Gasteiger partial charge on any atom is 0.221 e. The predicted octanol–water partition coefficient (Wildman–Crippen LogP) is 4.50. The van der Waals surface area contributed by atoms with Crippen molar-refractivity contribution >= 4 is 45.8 Å². The van der Waals surface area contributed by atoms with Gasteiger partial charge in [-0.15, -0.1) is 0 Å². The second kappa shape index (κ2) is 5.39. The number of aromatic amines is 1. The molecule has 6 heteroatoms. The Balaban J connectivity index is 2.06. The molecule has 106 valence electrons. The molecule has 0 spiro atoms. The SMILES string of the molecule is CC(=O)Nc1ccc2nc(-c3ccc(Cl)cc3Cl)[nH]c2c1. The zero-order valence-electron chi connectivity index (χ0n) is 11.1. The minimum Gasteiger partial charge on any atom is -0.338 e. The van der Waals surface area contributed by atoms with E-state index in [2.05, 4.69) is 15.3 Å². The van der Waals surface area contributed by atoms with Crippen LogP contribution in [-0.2, 0) is 4.79 Å². The highest BCUT2D eigenvalue weighted by atomic mass is 35.5. The summed E-state index contributed by atoms with van der Waals surface area (Å²) in [5.74, 6) is 0.543. The Hall–Kier alpha value is -2.04. The van der Waals surface area contributed by atoms with Gasteiger partial charge in [-0.3, -0.25) is 4.79 Å². The first-order valence-electron chi connectivity index (χ1n) is 6.26. The van der Waals surface area contributed by atoms with Gasteiger partial charge in [-0.1, -0.05) is 23.2 Å². The topological polar surface area (TPSA) is 57.8 Å². The number of benzene rings is 2. The summed E-state index contributed by atoms with van der Waals surface area (Å²) in [6.07, 6.45) is 0. The van der Waals surface area contributed by atoms with E-state index in [0.29, 0.717) is 21.6 Å². The highest BCUT2D eigenvalue weighted by Gasteiger charge is 2.10. The standard InChI is InChI=1S/C15H11Cl2N3O/c1-8(21)18-10-3-5-13-14(7-10)20-15(19-13)11-4-2-9(16)6-12(11)17/h2-7H,1H3,(H,18,21)(H,19,20). The molecule has 0 atom stereocenters. The van der Waals surface area contributed by atoms with Gasteiger partial charge in [0, 0.05) is 23.2 Å². The summed E-state index contributed by atoms with van der Waals surface area (Å²) in [4.78, 5) is 18.8. The lowest BCUT2D eigenvalue weighted by atomic mass is 10.2. The third kappa shape index (κ3) is 2.86. The number of fused-ring (bicyclic) bond motifs is 1. The number of anilines is 1. The molecule has 0 unspecified atom stereocenters. The lowest BCUT2D eigenvalue weighted by Gasteiger charge is -2.00. The average molecular weight is 320 g/mol. The number of carbonyl (C=O) groups excluding carboxylic acids is 1. The van der Waals surface area contributed by atoms with Crippen molar-refractivity contribution in [3.8, 4) is 11.4 Å². The zero-order valence-corrected chi connectivity index (χ0v) is 12.6. The Morgan fingerprint density at radius 1 is 1.19 bits per heavy atom. The second-order valence-corrected chi connectivity index (χ2v) is 5.47. The van der Waals surface area contributed by atoms with E-state index in [1.165, 1.54) is 6.92 Å². The Morgan fingerprint density at radius 2 is 2.00 bits per heavy atom. The van der Waals surface area contributed by atoms with Gasteiger partial charge in [0.2, 0.25) is 5.91 Å². The first-order chi connectivity index (χ1) is 10.0. The van der Waals surface area contributed by atoms with Crippen LogP contribution in [0.2, 0.25) is 10.0 Å². The largest absolute Gasteiger partial charge is 0.338 e. The summed E-state index contributed by atoms with van der Waals surface area (Å²) in [5.41, 5.74) is 3.11. The lowest BCUT2D eigenvalue weighted by Crippen LogP contribution is -2.05. The predicted molar refractivity (Wildman–Crippen MR) is 85.9 cm³/mol. The van der Waals surface area contributed by atoms with Crippen molar-refractivity contribution in [2.24, 2.45) is 0 Å². The van der Waals surface area contributed by atoms with E-state index in [1.807, 2.05) is 18.2 Å². The fourth-order valence-corrected chi connectivity index (χ4v) is 2.60. The molecule has 0 aliphatic rings. The van der Waals surface area contributed by atoms with Crippen LogP contribution in [0, 0.1) is 0 Å². The highest BCUT2D eigenvalue weighted by molar-refractivity contribution is 6.36. The van der Waals surface area contributed by atoms with E-state index in [-0.39, 0.29) is 5.91 Å². The van der Waals surface area contributed by atoms with Gasteiger partial charge in [-0.25, -0.2) is 4.98 Å². The molecule has 21 heavy (non-hydrogen) atoms. The minimum atomic E-state index is -0.116. The molecule has 0 saturated carbocycles. The van der Waals surface area contributed by atoms with E-state index < -0.39 is 0 Å². The molecule has 1 aromatic heterocycles. The fourth-order valence-electron chi connectivity index (χ4n) is 2.10. The Bertz CT molecular complexity index is 842. The van der Waals surface area contributed by atoms with E-state index in [4.69, 9.17) is 23.2 Å². The quantitative estimate of drug-likeness (QED) is 0.730. The van der Waals surface area contributed by atoms with Crippen LogP contribution in [-0.4, -0.2) is 15.9 Å². The van der Waals surface area contributed by atoms with Crippen LogP contribution < -0.4 is 5.32 Å². The van der Waals surface area contributed by atoms with E-state index >= 15 is 0 Å². The van der Waals surface area contributed by atoms with Crippen LogP contribution in [0.4, 0.5) is 5.69 Å². The number of halogens is 2. The molecule has 0 bridgehead atoms. The highest BCUT2D eigenvalue weighted by Crippen LogP contribution is 2.30. The number of aromatic nitrogens is 2. The van der Waals surface area contributed by atoms with Gasteiger partial charge in [0.15, 0.2) is 0 Å². The number of H-pyrrole nitrogens is 1. The molecule has 0 saturated heterocycles. The van der Waals surface area contributed by atoms with Gasteiger partial charge in [-0.05, 0) is 36.4 Å². The number of carbonyl (C=O) groups is 1. The normalized spacial score (nSPS) is 10.8. The number of amides is 1.